The number of hydrogen-bond acceptors (Lipinski definition) is 7. The van der Waals surface area contributed by atoms with E-state index < -0.39 is 0 Å². The van der Waals surface area contributed by atoms with Crippen LogP contribution in [-0.2, 0) is 6.42 Å². The van der Waals surface area contributed by atoms with Crippen LogP contribution in [0.15, 0.2) is 30.7 Å². The third kappa shape index (κ3) is 2.85. The van der Waals surface area contributed by atoms with Crippen LogP contribution >= 0.6 is 0 Å². The normalized spacial score (nSPS) is 14.7. The molecular formula is C17H18N8. The van der Waals surface area contributed by atoms with Crippen molar-refractivity contribution in [2.24, 2.45) is 0 Å². The first kappa shape index (κ1) is 15.3. The Kier molecular flexibility index (Phi) is 3.90. The van der Waals surface area contributed by atoms with Crippen LogP contribution in [0.5, 0.6) is 0 Å². The van der Waals surface area contributed by atoms with E-state index in [1.807, 2.05) is 12.1 Å². The van der Waals surface area contributed by atoms with Crippen LogP contribution < -0.4 is 9.80 Å². The van der Waals surface area contributed by atoms with Gasteiger partial charge in [-0.15, -0.1) is 10.2 Å². The van der Waals surface area contributed by atoms with Crippen LogP contribution in [0.3, 0.4) is 0 Å². The fraction of sp³-hybridized carbons (Fsp3) is 0.353. The van der Waals surface area contributed by atoms with Crippen LogP contribution in [0.4, 0.5) is 11.5 Å². The Balaban J connectivity index is 1.54. The molecule has 1 saturated heterocycles. The maximum absolute atomic E-state index is 8.88. The minimum atomic E-state index is 0.584. The van der Waals surface area contributed by atoms with Crippen molar-refractivity contribution in [3.05, 3.63) is 42.0 Å². The van der Waals surface area contributed by atoms with E-state index >= 15 is 0 Å². The number of aryl methyl sites for hydroxylation is 1. The molecule has 0 aromatic carbocycles. The lowest BCUT2D eigenvalue weighted by atomic mass is 10.2. The summed E-state index contributed by atoms with van der Waals surface area (Å²) in [6.07, 6.45) is 4.14. The van der Waals surface area contributed by atoms with Crippen molar-refractivity contribution in [3.8, 4) is 6.07 Å². The number of rotatable bonds is 3. The minimum absolute atomic E-state index is 0.584. The zero-order chi connectivity index (χ0) is 17.2. The van der Waals surface area contributed by atoms with Gasteiger partial charge in [-0.25, -0.2) is 4.98 Å². The summed E-state index contributed by atoms with van der Waals surface area (Å²) in [5, 5.41) is 21.6. The van der Waals surface area contributed by atoms with Crippen molar-refractivity contribution in [2.45, 2.75) is 13.3 Å². The minimum Gasteiger partial charge on any atom is -0.365 e. The topological polar surface area (TPSA) is 86.2 Å². The number of aromatic nitrogens is 5. The van der Waals surface area contributed by atoms with E-state index in [2.05, 4.69) is 49.1 Å². The second-order valence-corrected chi connectivity index (χ2v) is 5.96. The van der Waals surface area contributed by atoms with E-state index in [9.17, 15) is 0 Å². The standard InChI is InChI=1S/C17H18N8/c1-2-14-9-15(17-21-20-12-25(17)22-14)23-5-7-24(8-6-23)16-4-3-13(10-18)11-19-16/h3-4,9,11-12H,2,5-8H2,1H3. The molecule has 0 unspecified atom stereocenters. The summed E-state index contributed by atoms with van der Waals surface area (Å²) in [5.41, 5.74) is 3.48. The molecule has 8 nitrogen and oxygen atoms in total. The number of piperazine rings is 1. The summed E-state index contributed by atoms with van der Waals surface area (Å²) < 4.78 is 1.75. The van der Waals surface area contributed by atoms with Gasteiger partial charge in [0.1, 0.15) is 18.2 Å². The lowest BCUT2D eigenvalue weighted by molar-refractivity contribution is 0.646. The van der Waals surface area contributed by atoms with Gasteiger partial charge in [0.25, 0.3) is 0 Å². The maximum atomic E-state index is 8.88. The van der Waals surface area contributed by atoms with E-state index in [4.69, 9.17) is 5.26 Å². The summed E-state index contributed by atoms with van der Waals surface area (Å²) in [6.45, 7) is 5.57. The Bertz CT molecular complexity index is 916. The number of anilines is 2. The van der Waals surface area contributed by atoms with Crippen molar-refractivity contribution in [3.63, 3.8) is 0 Å². The molecule has 0 N–H and O–H groups in total. The summed E-state index contributed by atoms with van der Waals surface area (Å²) >= 11 is 0. The Labute approximate surface area is 145 Å². The van der Waals surface area contributed by atoms with Gasteiger partial charge < -0.3 is 9.80 Å². The highest BCUT2D eigenvalue weighted by Gasteiger charge is 2.21. The summed E-state index contributed by atoms with van der Waals surface area (Å²) in [6, 6.07) is 7.93. The van der Waals surface area contributed by atoms with Gasteiger partial charge in [-0.1, -0.05) is 6.92 Å². The SMILES string of the molecule is CCc1cc(N2CCN(c3ccc(C#N)cn3)CC2)c2nncn2n1. The van der Waals surface area contributed by atoms with Crippen molar-refractivity contribution in [1.82, 2.24) is 24.8 Å². The molecule has 0 saturated carbocycles. The third-order valence-electron chi connectivity index (χ3n) is 4.48. The van der Waals surface area contributed by atoms with Gasteiger partial charge in [-0.3, -0.25) is 0 Å². The Morgan fingerprint density at radius 3 is 2.64 bits per heavy atom. The maximum Gasteiger partial charge on any atom is 0.200 e. The van der Waals surface area contributed by atoms with Crippen LogP contribution in [0.2, 0.25) is 0 Å². The molecule has 0 amide bonds. The van der Waals surface area contributed by atoms with Gasteiger partial charge in [0.15, 0.2) is 0 Å². The zero-order valence-corrected chi connectivity index (χ0v) is 14.0. The molecule has 8 heteroatoms. The highest BCUT2D eigenvalue weighted by Crippen LogP contribution is 2.23. The highest BCUT2D eigenvalue weighted by atomic mass is 15.4. The fourth-order valence-corrected chi connectivity index (χ4v) is 3.08. The number of hydrogen-bond donors (Lipinski definition) is 0. The molecule has 3 aromatic heterocycles. The second kappa shape index (κ2) is 6.36. The first-order chi connectivity index (χ1) is 12.3. The second-order valence-electron chi connectivity index (χ2n) is 5.96. The smallest absolute Gasteiger partial charge is 0.200 e. The molecular weight excluding hydrogens is 316 g/mol. The molecule has 0 spiro atoms. The third-order valence-corrected chi connectivity index (χ3v) is 4.48. The van der Waals surface area contributed by atoms with E-state index in [-0.39, 0.29) is 0 Å². The monoisotopic (exact) mass is 334 g/mol. The molecule has 0 bridgehead atoms. The van der Waals surface area contributed by atoms with Crippen molar-refractivity contribution in [2.75, 3.05) is 36.0 Å². The number of fused-ring (bicyclic) bond motifs is 1. The number of nitriles is 1. The molecule has 126 valence electrons. The lowest BCUT2D eigenvalue weighted by Crippen LogP contribution is -2.47. The van der Waals surface area contributed by atoms with Gasteiger partial charge in [-0.2, -0.15) is 14.9 Å². The van der Waals surface area contributed by atoms with Gasteiger partial charge in [0.05, 0.1) is 16.9 Å². The Morgan fingerprint density at radius 2 is 1.96 bits per heavy atom. The molecule has 1 aliphatic heterocycles. The van der Waals surface area contributed by atoms with Gasteiger partial charge >= 0.3 is 0 Å². The first-order valence-electron chi connectivity index (χ1n) is 8.34. The predicted molar refractivity (Wildman–Crippen MR) is 93.5 cm³/mol. The van der Waals surface area contributed by atoms with Crippen LogP contribution in [-0.4, -0.2) is 51.0 Å². The molecule has 4 heterocycles. The van der Waals surface area contributed by atoms with Crippen molar-refractivity contribution >= 4 is 17.2 Å². The molecule has 1 fully saturated rings. The quantitative estimate of drug-likeness (QED) is 0.713. The predicted octanol–water partition coefficient (Wildman–Crippen LogP) is 1.28. The van der Waals surface area contributed by atoms with E-state index in [1.54, 1.807) is 17.0 Å². The lowest BCUT2D eigenvalue weighted by Gasteiger charge is -2.36. The van der Waals surface area contributed by atoms with Gasteiger partial charge in [0, 0.05) is 32.4 Å². The van der Waals surface area contributed by atoms with Gasteiger partial charge in [-0.05, 0) is 24.6 Å². The van der Waals surface area contributed by atoms with E-state index in [0.29, 0.717) is 5.56 Å². The molecule has 0 atom stereocenters. The van der Waals surface area contributed by atoms with Crippen LogP contribution in [0, 0.1) is 11.3 Å². The average molecular weight is 334 g/mol. The number of pyridine rings is 1. The molecule has 3 aromatic rings. The molecule has 0 radical (unpaired) electrons. The highest BCUT2D eigenvalue weighted by molar-refractivity contribution is 5.69. The van der Waals surface area contributed by atoms with Gasteiger partial charge in [0.2, 0.25) is 5.65 Å². The molecule has 0 aliphatic carbocycles. The fourth-order valence-electron chi connectivity index (χ4n) is 3.08. The summed E-state index contributed by atoms with van der Waals surface area (Å²) in [5.74, 6) is 0.912. The Hall–Kier alpha value is -3.21. The van der Waals surface area contributed by atoms with E-state index in [1.165, 1.54) is 0 Å². The van der Waals surface area contributed by atoms with Crippen molar-refractivity contribution < 1.29 is 0 Å². The van der Waals surface area contributed by atoms with Crippen LogP contribution in [0.25, 0.3) is 5.65 Å². The zero-order valence-electron chi connectivity index (χ0n) is 14.0. The molecule has 1 aliphatic rings. The first-order valence-corrected chi connectivity index (χ1v) is 8.34. The van der Waals surface area contributed by atoms with E-state index in [0.717, 1.165) is 55.4 Å². The number of nitrogens with zero attached hydrogens (tertiary/aromatic N) is 8. The molecule has 4 rings (SSSR count). The average Bonchev–Trinajstić information content (AvgIpc) is 3.16. The molecule has 25 heavy (non-hydrogen) atoms. The van der Waals surface area contributed by atoms with Crippen LogP contribution in [0.1, 0.15) is 18.2 Å². The largest absolute Gasteiger partial charge is 0.365 e. The Morgan fingerprint density at radius 1 is 1.16 bits per heavy atom. The van der Waals surface area contributed by atoms with Crippen molar-refractivity contribution in [1.29, 1.82) is 5.26 Å². The summed E-state index contributed by atoms with van der Waals surface area (Å²) in [7, 11) is 0. The summed E-state index contributed by atoms with van der Waals surface area (Å²) in [4.78, 5) is 8.95.